The summed E-state index contributed by atoms with van der Waals surface area (Å²) in [5, 5.41) is 24.7. The summed E-state index contributed by atoms with van der Waals surface area (Å²) in [4.78, 5) is 9.86. The first kappa shape index (κ1) is 17.3. The maximum absolute atomic E-state index is 9.86. The molecule has 5 nitrogen and oxygen atoms in total. The van der Waals surface area contributed by atoms with Crippen LogP contribution in [0.25, 0.3) is 0 Å². The Kier molecular flexibility index (Phi) is 15.1. The minimum absolute atomic E-state index is 0.201. The van der Waals surface area contributed by atoms with E-state index in [1.54, 1.807) is 6.92 Å². The smallest absolute Gasteiger partial charge is 0.370 e. The van der Waals surface area contributed by atoms with E-state index >= 15 is 0 Å². The van der Waals surface area contributed by atoms with E-state index in [1.807, 2.05) is 0 Å². The molecule has 0 atom stereocenters. The molecular weight excluding hydrogens is 212 g/mol. The second-order valence-corrected chi connectivity index (χ2v) is 3.02. The molecule has 0 rings (SSSR count). The topological polar surface area (TPSA) is 87.0 Å². The first-order valence-corrected chi connectivity index (χ1v) is 5.36. The number of ether oxygens (including phenoxy) is 1. The number of aliphatic hydroxyl groups excluding tert-OH is 2. The standard InChI is InChI=1S/C6H14O2.C5H8O3/c7-5-3-1-2-4-6-8;1-3-8-4(2)5(6)7/h7-8H,1-6H2;2-3H2,1H3,(H,6,7). The number of hydrogen-bond acceptors (Lipinski definition) is 4. The molecule has 96 valence electrons. The van der Waals surface area contributed by atoms with Crippen molar-refractivity contribution in [3.8, 4) is 0 Å². The molecule has 0 saturated heterocycles. The van der Waals surface area contributed by atoms with E-state index in [0.717, 1.165) is 25.7 Å². The zero-order valence-corrected chi connectivity index (χ0v) is 9.81. The van der Waals surface area contributed by atoms with Gasteiger partial charge in [-0.15, -0.1) is 0 Å². The van der Waals surface area contributed by atoms with Crippen molar-refractivity contribution in [1.29, 1.82) is 0 Å². The Morgan fingerprint density at radius 1 is 1.12 bits per heavy atom. The van der Waals surface area contributed by atoms with E-state index in [0.29, 0.717) is 6.61 Å². The van der Waals surface area contributed by atoms with Gasteiger partial charge in [-0.1, -0.05) is 12.8 Å². The van der Waals surface area contributed by atoms with Crippen LogP contribution in [-0.4, -0.2) is 41.1 Å². The van der Waals surface area contributed by atoms with Gasteiger partial charge in [0.15, 0.2) is 5.76 Å². The van der Waals surface area contributed by atoms with Crippen molar-refractivity contribution in [2.75, 3.05) is 19.8 Å². The fourth-order valence-electron chi connectivity index (χ4n) is 0.813. The molecule has 0 saturated carbocycles. The van der Waals surface area contributed by atoms with Crippen molar-refractivity contribution in [2.45, 2.75) is 32.6 Å². The molecule has 0 spiro atoms. The van der Waals surface area contributed by atoms with Gasteiger partial charge in [-0.25, -0.2) is 4.79 Å². The fourth-order valence-corrected chi connectivity index (χ4v) is 0.813. The lowest BCUT2D eigenvalue weighted by Crippen LogP contribution is -2.02. The summed E-state index contributed by atoms with van der Waals surface area (Å²) < 4.78 is 4.51. The quantitative estimate of drug-likeness (QED) is 0.333. The Bertz CT molecular complexity index is 173. The molecule has 0 aromatic rings. The average molecular weight is 234 g/mol. The van der Waals surface area contributed by atoms with E-state index in [-0.39, 0.29) is 19.0 Å². The molecule has 5 heteroatoms. The summed E-state index contributed by atoms with van der Waals surface area (Å²) in [5.74, 6) is -1.31. The van der Waals surface area contributed by atoms with Crippen LogP contribution in [0.1, 0.15) is 32.6 Å². The lowest BCUT2D eigenvalue weighted by Gasteiger charge is -1.97. The minimum Gasteiger partial charge on any atom is -0.487 e. The Hall–Kier alpha value is -1.07. The summed E-state index contributed by atoms with van der Waals surface area (Å²) >= 11 is 0. The van der Waals surface area contributed by atoms with E-state index in [2.05, 4.69) is 11.3 Å². The van der Waals surface area contributed by atoms with Gasteiger partial charge in [-0.3, -0.25) is 0 Å². The van der Waals surface area contributed by atoms with Crippen LogP contribution in [0.5, 0.6) is 0 Å². The Labute approximate surface area is 96.4 Å². The Balaban J connectivity index is 0. The zero-order valence-electron chi connectivity index (χ0n) is 9.81. The molecular formula is C11H22O5. The maximum atomic E-state index is 9.86. The Morgan fingerprint density at radius 2 is 1.56 bits per heavy atom. The van der Waals surface area contributed by atoms with Crippen molar-refractivity contribution in [3.63, 3.8) is 0 Å². The highest BCUT2D eigenvalue weighted by Gasteiger charge is 2.00. The SMILES string of the molecule is C=C(OCC)C(=O)O.OCCCCCCO. The second kappa shape index (κ2) is 13.9. The summed E-state index contributed by atoms with van der Waals surface area (Å²) in [6.45, 7) is 5.74. The van der Waals surface area contributed by atoms with Crippen molar-refractivity contribution < 1.29 is 24.9 Å². The van der Waals surface area contributed by atoms with E-state index in [4.69, 9.17) is 15.3 Å². The lowest BCUT2D eigenvalue weighted by molar-refractivity contribution is -0.136. The molecule has 0 radical (unpaired) electrons. The highest BCUT2D eigenvalue weighted by molar-refractivity contribution is 5.83. The first-order chi connectivity index (χ1) is 7.59. The van der Waals surface area contributed by atoms with Gasteiger partial charge < -0.3 is 20.1 Å². The number of aliphatic hydroxyl groups is 2. The third-order valence-electron chi connectivity index (χ3n) is 1.62. The van der Waals surface area contributed by atoms with E-state index in [1.165, 1.54) is 0 Å². The fraction of sp³-hybridized carbons (Fsp3) is 0.727. The molecule has 0 unspecified atom stereocenters. The summed E-state index contributed by atoms with van der Waals surface area (Å²) in [6, 6.07) is 0. The van der Waals surface area contributed by atoms with Crippen LogP contribution in [0, 0.1) is 0 Å². The van der Waals surface area contributed by atoms with Crippen molar-refractivity contribution in [3.05, 3.63) is 12.3 Å². The average Bonchev–Trinajstić information content (AvgIpc) is 2.26. The third-order valence-corrected chi connectivity index (χ3v) is 1.62. The highest BCUT2D eigenvalue weighted by atomic mass is 16.5. The number of carboxylic acids is 1. The van der Waals surface area contributed by atoms with Crippen LogP contribution in [0.2, 0.25) is 0 Å². The van der Waals surface area contributed by atoms with Gasteiger partial charge in [0.25, 0.3) is 0 Å². The van der Waals surface area contributed by atoms with Crippen LogP contribution < -0.4 is 0 Å². The van der Waals surface area contributed by atoms with Gasteiger partial charge in [0.1, 0.15) is 0 Å². The number of carbonyl (C=O) groups is 1. The minimum atomic E-state index is -1.10. The molecule has 0 fully saturated rings. The third kappa shape index (κ3) is 15.4. The monoisotopic (exact) mass is 234 g/mol. The molecule has 0 aliphatic rings. The largest absolute Gasteiger partial charge is 0.487 e. The van der Waals surface area contributed by atoms with Gasteiger partial charge in [-0.05, 0) is 26.3 Å². The van der Waals surface area contributed by atoms with Crippen LogP contribution in [0.15, 0.2) is 12.3 Å². The van der Waals surface area contributed by atoms with Crippen LogP contribution in [0.4, 0.5) is 0 Å². The van der Waals surface area contributed by atoms with Crippen molar-refractivity contribution in [1.82, 2.24) is 0 Å². The van der Waals surface area contributed by atoms with Crippen molar-refractivity contribution in [2.24, 2.45) is 0 Å². The van der Waals surface area contributed by atoms with Crippen molar-refractivity contribution >= 4 is 5.97 Å². The summed E-state index contributed by atoms with van der Waals surface area (Å²) in [5.41, 5.74) is 0. The molecule has 0 bridgehead atoms. The van der Waals surface area contributed by atoms with Gasteiger partial charge >= 0.3 is 5.97 Å². The summed E-state index contributed by atoms with van der Waals surface area (Å²) in [6.07, 6.45) is 3.83. The predicted octanol–water partition coefficient (Wildman–Crippen LogP) is 1.15. The molecule has 0 aliphatic carbocycles. The number of aliphatic carboxylic acids is 1. The van der Waals surface area contributed by atoms with E-state index in [9.17, 15) is 4.79 Å². The lowest BCUT2D eigenvalue weighted by atomic mass is 10.2. The number of rotatable bonds is 8. The molecule has 0 aliphatic heterocycles. The molecule has 0 amide bonds. The van der Waals surface area contributed by atoms with Gasteiger partial charge in [-0.2, -0.15) is 0 Å². The molecule has 0 aromatic heterocycles. The first-order valence-electron chi connectivity index (χ1n) is 5.36. The second-order valence-electron chi connectivity index (χ2n) is 3.02. The van der Waals surface area contributed by atoms with Crippen LogP contribution >= 0.6 is 0 Å². The van der Waals surface area contributed by atoms with E-state index < -0.39 is 5.97 Å². The normalized spacial score (nSPS) is 8.94. The van der Waals surface area contributed by atoms with Gasteiger partial charge in [0.2, 0.25) is 0 Å². The number of carboxylic acid groups (broad SMARTS) is 1. The Morgan fingerprint density at radius 3 is 1.75 bits per heavy atom. The van der Waals surface area contributed by atoms with Gasteiger partial charge in [0.05, 0.1) is 6.61 Å². The molecule has 0 aromatic carbocycles. The molecule has 0 heterocycles. The van der Waals surface area contributed by atoms with Crippen LogP contribution in [0.3, 0.4) is 0 Å². The maximum Gasteiger partial charge on any atom is 0.370 e. The highest BCUT2D eigenvalue weighted by Crippen LogP contribution is 1.96. The number of hydrogen-bond donors (Lipinski definition) is 3. The molecule has 16 heavy (non-hydrogen) atoms. The predicted molar refractivity (Wildman–Crippen MR) is 61.0 cm³/mol. The van der Waals surface area contributed by atoms with Gasteiger partial charge in [0, 0.05) is 13.2 Å². The number of unbranched alkanes of at least 4 members (excludes halogenated alkanes) is 3. The zero-order chi connectivity index (χ0) is 12.8. The van der Waals surface area contributed by atoms with Crippen LogP contribution in [-0.2, 0) is 9.53 Å². The molecule has 3 N–H and O–H groups in total. The summed E-state index contributed by atoms with van der Waals surface area (Å²) in [7, 11) is 0.